The number of amides is 1. The first-order valence-corrected chi connectivity index (χ1v) is 8.18. The van der Waals surface area contributed by atoms with Gasteiger partial charge in [0.1, 0.15) is 11.6 Å². The molecule has 2 aromatic carbocycles. The molecule has 0 aliphatic heterocycles. The minimum atomic E-state index is -0.526. The lowest BCUT2D eigenvalue weighted by molar-refractivity contribution is -0.384. The normalized spacial score (nSPS) is 10.4. The summed E-state index contributed by atoms with van der Waals surface area (Å²) in [7, 11) is 1.43. The highest BCUT2D eigenvalue weighted by Gasteiger charge is 2.14. The second kappa shape index (κ2) is 7.69. The summed E-state index contributed by atoms with van der Waals surface area (Å²) in [5.41, 5.74) is 1.59. The summed E-state index contributed by atoms with van der Waals surface area (Å²) >= 11 is 0. The maximum Gasteiger partial charge on any atom is 0.271 e. The van der Waals surface area contributed by atoms with Crippen molar-refractivity contribution in [3.05, 3.63) is 81.9 Å². The number of imidazole rings is 1. The minimum absolute atomic E-state index is 0.128. The molecule has 0 spiro atoms. The standard InChI is InChI=1S/C19H18N4O4/c1-13-20-9-10-22(13)12-14-3-5-15(6-4-14)19(24)21-17-11-16(23(25)26)7-8-18(17)27-2/h3-11H,12H2,1-2H3,(H,21,24). The van der Waals surface area contributed by atoms with Gasteiger partial charge in [-0.3, -0.25) is 14.9 Å². The average molecular weight is 366 g/mol. The Balaban J connectivity index is 1.75. The smallest absolute Gasteiger partial charge is 0.271 e. The number of hydrogen-bond acceptors (Lipinski definition) is 5. The van der Waals surface area contributed by atoms with Gasteiger partial charge in [-0.1, -0.05) is 12.1 Å². The molecule has 0 aliphatic carbocycles. The molecule has 1 aromatic heterocycles. The van der Waals surface area contributed by atoms with Gasteiger partial charge in [0.2, 0.25) is 0 Å². The molecule has 3 aromatic rings. The Labute approximate surface area is 155 Å². The zero-order valence-electron chi connectivity index (χ0n) is 14.9. The van der Waals surface area contributed by atoms with Crippen molar-refractivity contribution in [2.24, 2.45) is 0 Å². The van der Waals surface area contributed by atoms with E-state index in [0.717, 1.165) is 11.4 Å². The summed E-state index contributed by atoms with van der Waals surface area (Å²) < 4.78 is 7.16. The second-order valence-electron chi connectivity index (χ2n) is 5.90. The molecule has 0 bridgehead atoms. The Morgan fingerprint density at radius 1 is 1.26 bits per heavy atom. The number of ether oxygens (including phenoxy) is 1. The number of nitro groups is 1. The lowest BCUT2D eigenvalue weighted by atomic mass is 10.1. The van der Waals surface area contributed by atoms with Gasteiger partial charge in [-0.15, -0.1) is 0 Å². The SMILES string of the molecule is COc1ccc([N+](=O)[O-])cc1NC(=O)c1ccc(Cn2ccnc2C)cc1. The van der Waals surface area contributed by atoms with Crippen LogP contribution in [0.4, 0.5) is 11.4 Å². The third-order valence-corrected chi connectivity index (χ3v) is 4.13. The summed E-state index contributed by atoms with van der Waals surface area (Å²) in [6.07, 6.45) is 3.63. The number of aromatic nitrogens is 2. The Morgan fingerprint density at radius 3 is 2.59 bits per heavy atom. The van der Waals surface area contributed by atoms with Gasteiger partial charge in [-0.05, 0) is 30.7 Å². The van der Waals surface area contributed by atoms with Crippen molar-refractivity contribution in [1.82, 2.24) is 9.55 Å². The lowest BCUT2D eigenvalue weighted by Crippen LogP contribution is -2.13. The van der Waals surface area contributed by atoms with Gasteiger partial charge in [0, 0.05) is 36.6 Å². The van der Waals surface area contributed by atoms with E-state index >= 15 is 0 Å². The molecular formula is C19H18N4O4. The predicted octanol–water partition coefficient (Wildman–Crippen LogP) is 3.41. The number of benzene rings is 2. The number of nitrogens with one attached hydrogen (secondary N) is 1. The van der Waals surface area contributed by atoms with Crippen molar-refractivity contribution in [2.45, 2.75) is 13.5 Å². The van der Waals surface area contributed by atoms with Gasteiger partial charge in [0.25, 0.3) is 11.6 Å². The molecule has 0 aliphatic rings. The van der Waals surface area contributed by atoms with E-state index in [-0.39, 0.29) is 17.3 Å². The van der Waals surface area contributed by atoms with Crippen LogP contribution < -0.4 is 10.1 Å². The van der Waals surface area contributed by atoms with E-state index in [4.69, 9.17) is 4.74 Å². The molecular weight excluding hydrogens is 348 g/mol. The average Bonchev–Trinajstić information content (AvgIpc) is 3.06. The van der Waals surface area contributed by atoms with Crippen molar-refractivity contribution >= 4 is 17.3 Å². The van der Waals surface area contributed by atoms with Crippen molar-refractivity contribution in [1.29, 1.82) is 0 Å². The van der Waals surface area contributed by atoms with Crippen LogP contribution in [0.2, 0.25) is 0 Å². The van der Waals surface area contributed by atoms with E-state index < -0.39 is 4.92 Å². The third kappa shape index (κ3) is 4.12. The molecule has 138 valence electrons. The molecule has 1 amide bonds. The van der Waals surface area contributed by atoms with Gasteiger partial charge < -0.3 is 14.6 Å². The first-order chi connectivity index (χ1) is 13.0. The molecule has 27 heavy (non-hydrogen) atoms. The number of nitrogens with zero attached hydrogens (tertiary/aromatic N) is 3. The number of aryl methyl sites for hydroxylation is 1. The van der Waals surface area contributed by atoms with Crippen LogP contribution >= 0.6 is 0 Å². The molecule has 0 saturated heterocycles. The molecule has 0 unspecified atom stereocenters. The Hall–Kier alpha value is -3.68. The van der Waals surface area contributed by atoms with Crippen LogP contribution in [0, 0.1) is 17.0 Å². The molecule has 0 fully saturated rings. The number of carbonyl (C=O) groups is 1. The van der Waals surface area contributed by atoms with E-state index in [1.54, 1.807) is 18.3 Å². The molecule has 8 heteroatoms. The van der Waals surface area contributed by atoms with Crippen LogP contribution in [0.25, 0.3) is 0 Å². The summed E-state index contributed by atoms with van der Waals surface area (Å²) in [6.45, 7) is 2.58. The Morgan fingerprint density at radius 2 is 2.00 bits per heavy atom. The fraction of sp³-hybridized carbons (Fsp3) is 0.158. The number of nitro benzene ring substituents is 1. The fourth-order valence-corrected chi connectivity index (χ4v) is 2.63. The fourth-order valence-electron chi connectivity index (χ4n) is 2.63. The van der Waals surface area contributed by atoms with Crippen LogP contribution in [-0.4, -0.2) is 27.5 Å². The van der Waals surface area contributed by atoms with E-state index in [1.165, 1.54) is 25.3 Å². The first-order valence-electron chi connectivity index (χ1n) is 8.18. The number of non-ortho nitro benzene ring substituents is 1. The lowest BCUT2D eigenvalue weighted by Gasteiger charge is -2.11. The van der Waals surface area contributed by atoms with Gasteiger partial charge in [0.05, 0.1) is 17.7 Å². The number of hydrogen-bond donors (Lipinski definition) is 1. The van der Waals surface area contributed by atoms with Crippen molar-refractivity contribution in [3.63, 3.8) is 0 Å². The van der Waals surface area contributed by atoms with Crippen LogP contribution in [-0.2, 0) is 6.54 Å². The molecule has 1 N–H and O–H groups in total. The molecule has 0 radical (unpaired) electrons. The van der Waals surface area contributed by atoms with E-state index in [0.29, 0.717) is 17.9 Å². The van der Waals surface area contributed by atoms with Gasteiger partial charge in [-0.25, -0.2) is 4.98 Å². The van der Waals surface area contributed by atoms with Crippen molar-refractivity contribution < 1.29 is 14.5 Å². The van der Waals surface area contributed by atoms with E-state index in [1.807, 2.05) is 29.8 Å². The maximum atomic E-state index is 12.5. The second-order valence-corrected chi connectivity index (χ2v) is 5.90. The molecule has 0 saturated carbocycles. The molecule has 0 atom stereocenters. The third-order valence-electron chi connectivity index (χ3n) is 4.13. The zero-order chi connectivity index (χ0) is 19.4. The van der Waals surface area contributed by atoms with Crippen LogP contribution in [0.1, 0.15) is 21.7 Å². The van der Waals surface area contributed by atoms with Crippen LogP contribution in [0.5, 0.6) is 5.75 Å². The predicted molar refractivity (Wildman–Crippen MR) is 100 cm³/mol. The highest BCUT2D eigenvalue weighted by molar-refractivity contribution is 6.05. The highest BCUT2D eigenvalue weighted by Crippen LogP contribution is 2.29. The number of anilines is 1. The van der Waals surface area contributed by atoms with Gasteiger partial charge in [0.15, 0.2) is 0 Å². The van der Waals surface area contributed by atoms with E-state index in [2.05, 4.69) is 10.3 Å². The van der Waals surface area contributed by atoms with Gasteiger partial charge in [-0.2, -0.15) is 0 Å². The van der Waals surface area contributed by atoms with Gasteiger partial charge >= 0.3 is 0 Å². The zero-order valence-corrected chi connectivity index (χ0v) is 14.9. The molecule has 8 nitrogen and oxygen atoms in total. The van der Waals surface area contributed by atoms with Crippen LogP contribution in [0.3, 0.4) is 0 Å². The number of carbonyl (C=O) groups excluding carboxylic acids is 1. The summed E-state index contributed by atoms with van der Waals surface area (Å²) in [5, 5.41) is 13.6. The summed E-state index contributed by atoms with van der Waals surface area (Å²) in [4.78, 5) is 27.1. The highest BCUT2D eigenvalue weighted by atomic mass is 16.6. The number of methoxy groups -OCH3 is 1. The topological polar surface area (TPSA) is 99.3 Å². The van der Waals surface area contributed by atoms with Crippen LogP contribution in [0.15, 0.2) is 54.9 Å². The quantitative estimate of drug-likeness (QED) is 0.532. The maximum absolute atomic E-state index is 12.5. The van der Waals surface area contributed by atoms with Crippen molar-refractivity contribution in [2.75, 3.05) is 12.4 Å². The first kappa shape index (κ1) is 18.1. The summed E-state index contributed by atoms with van der Waals surface area (Å²) in [6, 6.07) is 11.2. The summed E-state index contributed by atoms with van der Waals surface area (Å²) in [5.74, 6) is 0.884. The number of rotatable bonds is 6. The van der Waals surface area contributed by atoms with Crippen molar-refractivity contribution in [3.8, 4) is 5.75 Å². The largest absolute Gasteiger partial charge is 0.495 e. The Kier molecular flexibility index (Phi) is 5.16. The minimum Gasteiger partial charge on any atom is -0.495 e. The monoisotopic (exact) mass is 366 g/mol. The Bertz CT molecular complexity index is 980. The molecule has 1 heterocycles. The molecule has 3 rings (SSSR count). The van der Waals surface area contributed by atoms with E-state index in [9.17, 15) is 14.9 Å².